The lowest BCUT2D eigenvalue weighted by Gasteiger charge is -2.15. The first kappa shape index (κ1) is 24.3. The topological polar surface area (TPSA) is 133 Å². The Balaban J connectivity index is 1.56. The van der Waals surface area contributed by atoms with Crippen molar-refractivity contribution in [2.45, 2.75) is 20.0 Å². The van der Waals surface area contributed by atoms with Crippen LogP contribution in [0.15, 0.2) is 70.3 Å². The number of benzene rings is 2. The van der Waals surface area contributed by atoms with Gasteiger partial charge in [0.05, 0.1) is 6.54 Å². The summed E-state index contributed by atoms with van der Waals surface area (Å²) in [7, 11) is 1.50. The molecule has 0 aliphatic rings. The van der Waals surface area contributed by atoms with Crippen molar-refractivity contribution >= 4 is 17.5 Å². The second-order valence-corrected chi connectivity index (χ2v) is 7.54. The Labute approximate surface area is 204 Å². The molecule has 4 rings (SSSR count). The van der Waals surface area contributed by atoms with Gasteiger partial charge in [-0.1, -0.05) is 12.1 Å². The average Bonchev–Trinajstić information content (AvgIpc) is 2.89. The van der Waals surface area contributed by atoms with Gasteiger partial charge < -0.3 is 15.4 Å². The van der Waals surface area contributed by atoms with Gasteiger partial charge in [-0.25, -0.2) is 18.5 Å². The summed E-state index contributed by atoms with van der Waals surface area (Å²) in [5, 5.41) is 13.1. The number of ether oxygens (including phenoxy) is 1. The smallest absolute Gasteiger partial charge is 0.354 e. The molecule has 184 valence electrons. The van der Waals surface area contributed by atoms with Gasteiger partial charge in [0, 0.05) is 25.3 Å². The van der Waals surface area contributed by atoms with Crippen molar-refractivity contribution in [2.24, 2.45) is 0 Å². The Morgan fingerprint density at radius 1 is 0.972 bits per heavy atom. The fraction of sp³-hybridized carbons (Fsp3) is 0.167. The molecule has 0 saturated heterocycles. The van der Waals surface area contributed by atoms with Crippen LogP contribution in [0.5, 0.6) is 11.6 Å². The fourth-order valence-electron chi connectivity index (χ4n) is 3.29. The van der Waals surface area contributed by atoms with Crippen LogP contribution in [0.2, 0.25) is 0 Å². The number of nitrogens with zero attached hydrogens (tertiary/aromatic N) is 5. The molecule has 36 heavy (non-hydrogen) atoms. The minimum absolute atomic E-state index is 0.0448. The lowest BCUT2D eigenvalue weighted by molar-refractivity contribution is 0.0957. The first-order valence-corrected chi connectivity index (χ1v) is 10.9. The third-order valence-corrected chi connectivity index (χ3v) is 5.15. The van der Waals surface area contributed by atoms with Gasteiger partial charge in [0.1, 0.15) is 11.6 Å². The molecule has 0 fully saturated rings. The van der Waals surface area contributed by atoms with Gasteiger partial charge in [-0.2, -0.15) is 4.98 Å². The summed E-state index contributed by atoms with van der Waals surface area (Å²) in [5.41, 5.74) is 0.143. The van der Waals surface area contributed by atoms with Crippen LogP contribution in [0.1, 0.15) is 23.0 Å². The summed E-state index contributed by atoms with van der Waals surface area (Å²) in [6, 6.07) is 15.3. The second-order valence-electron chi connectivity index (χ2n) is 7.54. The quantitative estimate of drug-likeness (QED) is 0.384. The third kappa shape index (κ3) is 5.43. The average molecular weight is 491 g/mol. The lowest BCUT2D eigenvalue weighted by atomic mass is 10.2. The van der Waals surface area contributed by atoms with Crippen LogP contribution in [0, 0.1) is 5.82 Å². The van der Waals surface area contributed by atoms with E-state index in [0.29, 0.717) is 17.0 Å². The van der Waals surface area contributed by atoms with Crippen molar-refractivity contribution in [3.05, 3.63) is 98.7 Å². The monoisotopic (exact) mass is 491 g/mol. The number of carbonyl (C=O) groups excluding carboxylic acids is 1. The van der Waals surface area contributed by atoms with Gasteiger partial charge >= 0.3 is 11.4 Å². The maximum absolute atomic E-state index is 13.3. The summed E-state index contributed by atoms with van der Waals surface area (Å²) in [6.45, 7) is 1.92. The number of aromatic nitrogens is 5. The van der Waals surface area contributed by atoms with Gasteiger partial charge in [-0.3, -0.25) is 9.36 Å². The van der Waals surface area contributed by atoms with E-state index in [-0.39, 0.29) is 36.5 Å². The Morgan fingerprint density at radius 3 is 2.31 bits per heavy atom. The highest BCUT2D eigenvalue weighted by Gasteiger charge is 2.14. The van der Waals surface area contributed by atoms with Crippen molar-refractivity contribution < 1.29 is 13.9 Å². The third-order valence-electron chi connectivity index (χ3n) is 5.15. The summed E-state index contributed by atoms with van der Waals surface area (Å²) in [6.07, 6.45) is 0. The summed E-state index contributed by atoms with van der Waals surface area (Å²) >= 11 is 0. The van der Waals surface area contributed by atoms with E-state index in [0.717, 1.165) is 4.57 Å². The normalized spacial score (nSPS) is 10.6. The Morgan fingerprint density at radius 2 is 1.69 bits per heavy atom. The van der Waals surface area contributed by atoms with E-state index in [2.05, 4.69) is 25.8 Å². The first-order chi connectivity index (χ1) is 17.4. The maximum Gasteiger partial charge on any atom is 0.354 e. The van der Waals surface area contributed by atoms with E-state index >= 15 is 0 Å². The van der Waals surface area contributed by atoms with Crippen LogP contribution in [-0.4, -0.2) is 37.3 Å². The van der Waals surface area contributed by atoms with Gasteiger partial charge in [0.2, 0.25) is 11.8 Å². The van der Waals surface area contributed by atoms with Crippen LogP contribution < -0.4 is 26.7 Å². The van der Waals surface area contributed by atoms with Crippen molar-refractivity contribution in [2.75, 3.05) is 12.4 Å². The summed E-state index contributed by atoms with van der Waals surface area (Å²) < 4.78 is 21.3. The van der Waals surface area contributed by atoms with Crippen molar-refractivity contribution in [1.29, 1.82) is 0 Å². The van der Waals surface area contributed by atoms with Crippen LogP contribution in [0.4, 0.5) is 16.0 Å². The minimum Gasteiger partial charge on any atom is -0.438 e. The number of halogens is 1. The molecule has 0 aliphatic carbocycles. The van der Waals surface area contributed by atoms with E-state index in [1.807, 2.05) is 0 Å². The Hall–Kier alpha value is -4.87. The molecule has 2 heterocycles. The molecule has 12 heteroatoms. The lowest BCUT2D eigenvalue weighted by Crippen LogP contribution is -2.42. The SMILES string of the molecule is CCn1c(=O)nc(Nc2ccc(Oc3ccc(C(=O)NC)nn3)cc2)n(Cc2ccc(F)cc2)c1=O. The van der Waals surface area contributed by atoms with E-state index in [4.69, 9.17) is 4.74 Å². The molecule has 1 amide bonds. The number of anilines is 2. The molecule has 2 aromatic carbocycles. The van der Waals surface area contributed by atoms with E-state index in [1.54, 1.807) is 43.3 Å². The Kier molecular flexibility index (Phi) is 7.14. The molecular weight excluding hydrogens is 469 g/mol. The predicted octanol–water partition coefficient (Wildman–Crippen LogP) is 2.30. The Bertz CT molecular complexity index is 1480. The van der Waals surface area contributed by atoms with E-state index in [1.165, 1.54) is 35.9 Å². The number of hydrogen-bond donors (Lipinski definition) is 2. The van der Waals surface area contributed by atoms with Gasteiger partial charge in [0.25, 0.3) is 5.91 Å². The zero-order valence-electron chi connectivity index (χ0n) is 19.4. The zero-order valence-corrected chi connectivity index (χ0v) is 19.4. The van der Waals surface area contributed by atoms with Crippen molar-refractivity contribution in [3.63, 3.8) is 0 Å². The highest BCUT2D eigenvalue weighted by molar-refractivity contribution is 5.91. The predicted molar refractivity (Wildman–Crippen MR) is 129 cm³/mol. The molecule has 0 unspecified atom stereocenters. The zero-order chi connectivity index (χ0) is 25.7. The summed E-state index contributed by atoms with van der Waals surface area (Å²) in [5.74, 6) is -0.0651. The number of carbonyl (C=O) groups is 1. The van der Waals surface area contributed by atoms with Gasteiger partial charge in [-0.05, 0) is 55.0 Å². The number of rotatable bonds is 8. The van der Waals surface area contributed by atoms with E-state index in [9.17, 15) is 18.8 Å². The van der Waals surface area contributed by atoms with Gasteiger partial charge in [-0.15, -0.1) is 10.2 Å². The molecule has 0 saturated carbocycles. The molecule has 0 bridgehead atoms. The number of hydrogen-bond acceptors (Lipinski definition) is 8. The first-order valence-electron chi connectivity index (χ1n) is 10.9. The highest BCUT2D eigenvalue weighted by Crippen LogP contribution is 2.22. The van der Waals surface area contributed by atoms with Crippen LogP contribution in [0.25, 0.3) is 0 Å². The van der Waals surface area contributed by atoms with E-state index < -0.39 is 17.2 Å². The van der Waals surface area contributed by atoms with Gasteiger partial charge in [0.15, 0.2) is 5.69 Å². The van der Waals surface area contributed by atoms with Crippen LogP contribution in [0.3, 0.4) is 0 Å². The maximum atomic E-state index is 13.3. The number of nitrogens with one attached hydrogen (secondary N) is 2. The fourth-order valence-corrected chi connectivity index (χ4v) is 3.29. The molecule has 11 nitrogen and oxygen atoms in total. The van der Waals surface area contributed by atoms with Crippen LogP contribution >= 0.6 is 0 Å². The molecule has 0 aliphatic heterocycles. The van der Waals surface area contributed by atoms with Crippen molar-refractivity contribution in [3.8, 4) is 11.6 Å². The largest absolute Gasteiger partial charge is 0.438 e. The van der Waals surface area contributed by atoms with Crippen molar-refractivity contribution in [1.82, 2.24) is 29.6 Å². The molecule has 0 spiro atoms. The highest BCUT2D eigenvalue weighted by atomic mass is 19.1. The molecule has 0 atom stereocenters. The molecule has 0 radical (unpaired) electrons. The second kappa shape index (κ2) is 10.6. The number of amides is 1. The summed E-state index contributed by atoms with van der Waals surface area (Å²) in [4.78, 5) is 40.9. The van der Waals surface area contributed by atoms with Crippen LogP contribution in [-0.2, 0) is 13.1 Å². The minimum atomic E-state index is -0.681. The molecule has 2 N–H and O–H groups in total. The molecule has 2 aromatic heterocycles. The molecule has 4 aromatic rings. The standard InChI is InChI=1S/C24H22FN7O4/c1-3-31-23(34)28-22(32(24(31)35)14-15-4-6-16(25)7-5-15)27-17-8-10-18(11-9-17)36-20-13-12-19(29-30-20)21(33)26-2/h4-13H,3,14H2,1-2H3,(H,26,33)(H,27,28,34). The molecular formula is C24H22FN7O4.